The van der Waals surface area contributed by atoms with E-state index in [1.165, 1.54) is 6.42 Å². The van der Waals surface area contributed by atoms with Crippen LogP contribution in [0.25, 0.3) is 0 Å². The molecule has 4 heteroatoms. The number of hydrogen-bond donors (Lipinski definition) is 0. The number of carbonyl (C=O) groups is 1. The summed E-state index contributed by atoms with van der Waals surface area (Å²) in [5.41, 5.74) is 0. The lowest BCUT2D eigenvalue weighted by atomic mass is 10.3. The molecule has 0 aliphatic heterocycles. The highest BCUT2D eigenvalue weighted by atomic mass is 79.9. The monoisotopic (exact) mass is 299 g/mol. The highest BCUT2D eigenvalue weighted by Crippen LogP contribution is 2.47. The molecule has 1 aliphatic rings. The molecule has 1 saturated carbocycles. The van der Waals surface area contributed by atoms with Gasteiger partial charge in [0.1, 0.15) is 11.5 Å². The van der Waals surface area contributed by atoms with E-state index in [0.29, 0.717) is 12.5 Å². The molecular formula is C13H18BrNO2. The van der Waals surface area contributed by atoms with Crippen molar-refractivity contribution < 1.29 is 9.21 Å². The van der Waals surface area contributed by atoms with Gasteiger partial charge in [-0.25, -0.2) is 0 Å². The van der Waals surface area contributed by atoms with Gasteiger partial charge in [-0.2, -0.15) is 0 Å². The first-order valence-electron chi connectivity index (χ1n) is 5.96. The molecule has 94 valence electrons. The summed E-state index contributed by atoms with van der Waals surface area (Å²) in [5.74, 6) is 3.35. The lowest BCUT2D eigenvalue weighted by Gasteiger charge is -2.17. The number of nitrogens with zero attached hydrogens (tertiary/aromatic N) is 1. The lowest BCUT2D eigenvalue weighted by Crippen LogP contribution is -2.31. The summed E-state index contributed by atoms with van der Waals surface area (Å²) < 4.78 is 5.77. The molecule has 0 bridgehead atoms. The molecular weight excluding hydrogens is 282 g/mol. The first-order valence-corrected chi connectivity index (χ1v) is 6.88. The summed E-state index contributed by atoms with van der Waals surface area (Å²) >= 11 is 3.28. The molecule has 0 saturated heterocycles. The summed E-state index contributed by atoms with van der Waals surface area (Å²) in [6.45, 7) is 4.60. The quantitative estimate of drug-likeness (QED) is 0.800. The Morgan fingerprint density at radius 1 is 1.65 bits per heavy atom. The van der Waals surface area contributed by atoms with Crippen LogP contribution >= 0.6 is 15.9 Å². The van der Waals surface area contributed by atoms with Gasteiger partial charge in [0.25, 0.3) is 0 Å². The number of carbonyl (C=O) groups excluding carboxylic acids is 1. The van der Waals surface area contributed by atoms with Crippen molar-refractivity contribution in [1.29, 1.82) is 0 Å². The van der Waals surface area contributed by atoms with Crippen molar-refractivity contribution in [3.8, 4) is 0 Å². The summed E-state index contributed by atoms with van der Waals surface area (Å²) in [6.07, 6.45) is 1.22. The predicted molar refractivity (Wildman–Crippen MR) is 70.1 cm³/mol. The zero-order chi connectivity index (χ0) is 12.6. The zero-order valence-electron chi connectivity index (χ0n) is 10.4. The first kappa shape index (κ1) is 12.7. The smallest absolute Gasteiger partial charge is 0.236 e. The SMILES string of the molecule is CC(Br)C(=O)N(C)Cc1ccc(C2CC2C)o1. The number of alkyl halides is 1. The highest BCUT2D eigenvalue weighted by Gasteiger charge is 2.36. The Labute approximate surface area is 110 Å². The van der Waals surface area contributed by atoms with Crippen LogP contribution in [0.4, 0.5) is 0 Å². The molecule has 3 atom stereocenters. The van der Waals surface area contributed by atoms with Crippen LogP contribution in [-0.4, -0.2) is 22.7 Å². The minimum Gasteiger partial charge on any atom is -0.464 e. The fourth-order valence-electron chi connectivity index (χ4n) is 2.01. The van der Waals surface area contributed by atoms with Gasteiger partial charge < -0.3 is 9.32 Å². The van der Waals surface area contributed by atoms with Crippen LogP contribution in [0, 0.1) is 5.92 Å². The van der Waals surface area contributed by atoms with Crippen molar-refractivity contribution in [3.63, 3.8) is 0 Å². The molecule has 1 aromatic rings. The van der Waals surface area contributed by atoms with Crippen LogP contribution in [0.2, 0.25) is 0 Å². The summed E-state index contributed by atoms with van der Waals surface area (Å²) in [5, 5.41) is 0. The molecule has 0 radical (unpaired) electrons. The lowest BCUT2D eigenvalue weighted by molar-refractivity contribution is -0.129. The third kappa shape index (κ3) is 2.92. The van der Waals surface area contributed by atoms with Gasteiger partial charge in [0, 0.05) is 13.0 Å². The average Bonchev–Trinajstić information content (AvgIpc) is 2.82. The van der Waals surface area contributed by atoms with E-state index in [-0.39, 0.29) is 10.7 Å². The minimum atomic E-state index is -0.148. The largest absolute Gasteiger partial charge is 0.464 e. The molecule has 1 amide bonds. The maximum absolute atomic E-state index is 11.7. The van der Waals surface area contributed by atoms with Crippen molar-refractivity contribution in [1.82, 2.24) is 4.90 Å². The van der Waals surface area contributed by atoms with Crippen LogP contribution in [0.3, 0.4) is 0 Å². The normalized spacial score (nSPS) is 24.5. The maximum atomic E-state index is 11.7. The average molecular weight is 300 g/mol. The standard InChI is InChI=1S/C13H18BrNO2/c1-8-6-11(8)12-5-4-10(17-12)7-15(3)13(16)9(2)14/h4-5,8-9,11H,6-7H2,1-3H3. The number of halogens is 1. The molecule has 3 nitrogen and oxygen atoms in total. The van der Waals surface area contributed by atoms with E-state index in [2.05, 4.69) is 22.9 Å². The van der Waals surface area contributed by atoms with Crippen molar-refractivity contribution >= 4 is 21.8 Å². The molecule has 0 spiro atoms. The van der Waals surface area contributed by atoms with Gasteiger partial charge in [-0.3, -0.25) is 4.79 Å². The Kier molecular flexibility index (Phi) is 3.61. The summed E-state index contributed by atoms with van der Waals surface area (Å²) in [6, 6.07) is 4.02. The molecule has 2 rings (SSSR count). The van der Waals surface area contributed by atoms with Crippen LogP contribution in [-0.2, 0) is 11.3 Å². The van der Waals surface area contributed by atoms with Gasteiger partial charge in [-0.15, -0.1) is 0 Å². The van der Waals surface area contributed by atoms with Crippen molar-refractivity contribution in [2.45, 2.75) is 37.6 Å². The van der Waals surface area contributed by atoms with Crippen LogP contribution in [0.15, 0.2) is 16.5 Å². The fourth-order valence-corrected chi connectivity index (χ4v) is 2.36. The predicted octanol–water partition coefficient (Wildman–Crippen LogP) is 3.14. The molecule has 1 aromatic heterocycles. The summed E-state index contributed by atoms with van der Waals surface area (Å²) in [4.78, 5) is 13.2. The molecule has 17 heavy (non-hydrogen) atoms. The molecule has 1 fully saturated rings. The second-order valence-corrected chi connectivity index (χ2v) is 6.31. The second-order valence-electron chi connectivity index (χ2n) is 4.93. The Hall–Kier alpha value is -0.770. The maximum Gasteiger partial charge on any atom is 0.236 e. The van der Waals surface area contributed by atoms with Crippen molar-refractivity contribution in [2.24, 2.45) is 5.92 Å². The van der Waals surface area contributed by atoms with E-state index in [1.807, 2.05) is 19.1 Å². The van der Waals surface area contributed by atoms with E-state index in [1.54, 1.807) is 11.9 Å². The third-order valence-corrected chi connectivity index (χ3v) is 3.66. The Balaban J connectivity index is 1.95. The van der Waals surface area contributed by atoms with Gasteiger partial charge >= 0.3 is 0 Å². The molecule has 0 N–H and O–H groups in total. The van der Waals surface area contributed by atoms with E-state index < -0.39 is 0 Å². The van der Waals surface area contributed by atoms with E-state index >= 15 is 0 Å². The van der Waals surface area contributed by atoms with E-state index in [0.717, 1.165) is 17.4 Å². The Bertz CT molecular complexity index is 413. The third-order valence-electron chi connectivity index (χ3n) is 3.27. The van der Waals surface area contributed by atoms with Gasteiger partial charge in [0.15, 0.2) is 0 Å². The van der Waals surface area contributed by atoms with Crippen LogP contribution in [0.5, 0.6) is 0 Å². The Morgan fingerprint density at radius 3 is 2.82 bits per heavy atom. The van der Waals surface area contributed by atoms with E-state index in [4.69, 9.17) is 4.42 Å². The van der Waals surface area contributed by atoms with Gasteiger partial charge in [-0.1, -0.05) is 22.9 Å². The number of amides is 1. The van der Waals surface area contributed by atoms with Gasteiger partial charge in [0.2, 0.25) is 5.91 Å². The molecule has 1 heterocycles. The van der Waals surface area contributed by atoms with Crippen LogP contribution in [0.1, 0.15) is 37.7 Å². The van der Waals surface area contributed by atoms with Crippen LogP contribution < -0.4 is 0 Å². The molecule has 0 aromatic carbocycles. The summed E-state index contributed by atoms with van der Waals surface area (Å²) in [7, 11) is 1.79. The number of hydrogen-bond acceptors (Lipinski definition) is 2. The topological polar surface area (TPSA) is 33.5 Å². The number of furan rings is 1. The molecule has 1 aliphatic carbocycles. The molecule has 3 unspecified atom stereocenters. The second kappa shape index (κ2) is 4.84. The van der Waals surface area contributed by atoms with E-state index in [9.17, 15) is 4.79 Å². The zero-order valence-corrected chi connectivity index (χ0v) is 12.0. The minimum absolute atomic E-state index is 0.0720. The fraction of sp³-hybridized carbons (Fsp3) is 0.615. The van der Waals surface area contributed by atoms with Gasteiger partial charge in [-0.05, 0) is 31.4 Å². The first-order chi connectivity index (χ1) is 7.99. The Morgan fingerprint density at radius 2 is 2.29 bits per heavy atom. The highest BCUT2D eigenvalue weighted by molar-refractivity contribution is 9.10. The number of rotatable bonds is 4. The van der Waals surface area contributed by atoms with Crippen molar-refractivity contribution in [3.05, 3.63) is 23.7 Å². The van der Waals surface area contributed by atoms with Gasteiger partial charge in [0.05, 0.1) is 11.4 Å². The van der Waals surface area contributed by atoms with Crippen molar-refractivity contribution in [2.75, 3.05) is 7.05 Å².